The molecule has 0 aromatic heterocycles. The quantitative estimate of drug-likeness (QED) is 0.437. The van der Waals surface area contributed by atoms with E-state index < -0.39 is 63.1 Å². The lowest BCUT2D eigenvalue weighted by Crippen LogP contribution is -2.76. The molecule has 7 heteroatoms. The summed E-state index contributed by atoms with van der Waals surface area (Å²) in [6, 6.07) is 11.4. The highest BCUT2D eigenvalue weighted by atomic mass is 16.3. The molecule has 7 nitrogen and oxygen atoms in total. The van der Waals surface area contributed by atoms with Gasteiger partial charge < -0.3 is 10.2 Å². The summed E-state index contributed by atoms with van der Waals surface area (Å²) in [4.78, 5) is 68.7. The van der Waals surface area contributed by atoms with Crippen LogP contribution in [0.4, 0.5) is 0 Å². The van der Waals surface area contributed by atoms with Crippen molar-refractivity contribution < 1.29 is 34.2 Å². The molecule has 2 saturated carbocycles. The number of aryl methyl sites for hydroxylation is 1. The van der Waals surface area contributed by atoms with E-state index in [1.54, 1.807) is 33.8 Å². The monoisotopic (exact) mass is 586 g/mol. The number of aliphatic hydroxyl groups is 1. The van der Waals surface area contributed by atoms with Crippen LogP contribution < -0.4 is 0 Å². The van der Waals surface area contributed by atoms with E-state index in [0.29, 0.717) is 11.5 Å². The summed E-state index contributed by atoms with van der Waals surface area (Å²) in [5.41, 5.74) is -1.81. The standard InChI is InChI=1S/C36H42O7/c1-18(2)8-9-21-10-12-22(13-11-21)23-14-15-25(38)27-24(23)16-34(6)17-35(7)28(19(3)4)30(39)26(20(5)37)32(41)36(35,43)33(42)29(34)31(27)40/h10-15,18-19,26,28-29,38,43H,8-9,16-17H2,1-7H3/t26?,28?,29?,34-,35-,36+/m1/s1. The third-order valence-corrected chi connectivity index (χ3v) is 10.5. The Balaban J connectivity index is 1.65. The van der Waals surface area contributed by atoms with Gasteiger partial charge in [-0.15, -0.1) is 0 Å². The Kier molecular flexibility index (Phi) is 7.44. The van der Waals surface area contributed by atoms with Crippen molar-refractivity contribution in [1.29, 1.82) is 0 Å². The van der Waals surface area contributed by atoms with Gasteiger partial charge in [0.05, 0.1) is 11.5 Å². The van der Waals surface area contributed by atoms with Crippen molar-refractivity contribution in [1.82, 2.24) is 0 Å². The van der Waals surface area contributed by atoms with Gasteiger partial charge in [0.1, 0.15) is 17.5 Å². The van der Waals surface area contributed by atoms with Crippen LogP contribution >= 0.6 is 0 Å². The summed E-state index contributed by atoms with van der Waals surface area (Å²) in [6.45, 7) is 12.4. The van der Waals surface area contributed by atoms with E-state index in [1.807, 2.05) is 12.1 Å². The molecule has 2 fully saturated rings. The lowest BCUT2D eigenvalue weighted by Gasteiger charge is -2.61. The molecule has 0 radical (unpaired) electrons. The Morgan fingerprint density at radius 1 is 0.953 bits per heavy atom. The molecule has 3 aliphatic rings. The van der Waals surface area contributed by atoms with Crippen LogP contribution in [0.5, 0.6) is 5.75 Å². The van der Waals surface area contributed by atoms with Crippen LogP contribution in [0.2, 0.25) is 0 Å². The first kappa shape index (κ1) is 31.0. The molecular formula is C36H42O7. The van der Waals surface area contributed by atoms with Crippen molar-refractivity contribution in [3.63, 3.8) is 0 Å². The largest absolute Gasteiger partial charge is 0.507 e. The minimum Gasteiger partial charge on any atom is -0.507 e. The van der Waals surface area contributed by atoms with Gasteiger partial charge in [0, 0.05) is 11.3 Å². The minimum absolute atomic E-state index is 0.0206. The molecular weight excluding hydrogens is 544 g/mol. The molecule has 0 bridgehead atoms. The zero-order chi connectivity index (χ0) is 31.8. The van der Waals surface area contributed by atoms with Crippen LogP contribution in [0.15, 0.2) is 36.4 Å². The highest BCUT2D eigenvalue weighted by Crippen LogP contribution is 2.64. The summed E-state index contributed by atoms with van der Waals surface area (Å²) in [6.07, 6.45) is 2.27. The number of rotatable bonds is 6. The van der Waals surface area contributed by atoms with Gasteiger partial charge in [-0.05, 0) is 78.2 Å². The number of hydrogen-bond donors (Lipinski definition) is 2. The average Bonchev–Trinajstić information content (AvgIpc) is 2.89. The smallest absolute Gasteiger partial charge is 0.190 e. The molecule has 3 aliphatic carbocycles. The molecule has 0 spiro atoms. The number of carbonyl (C=O) groups excluding carboxylic acids is 5. The molecule has 43 heavy (non-hydrogen) atoms. The van der Waals surface area contributed by atoms with E-state index in [1.165, 1.54) is 11.6 Å². The Morgan fingerprint density at radius 2 is 1.58 bits per heavy atom. The van der Waals surface area contributed by atoms with E-state index >= 15 is 0 Å². The van der Waals surface area contributed by atoms with Crippen LogP contribution in [0.1, 0.15) is 82.8 Å². The molecule has 0 amide bonds. The number of phenolic OH excluding ortho intramolecular Hbond substituents is 1. The van der Waals surface area contributed by atoms with E-state index in [4.69, 9.17) is 0 Å². The second-order valence-corrected chi connectivity index (χ2v) is 14.4. The molecule has 0 heterocycles. The maximum absolute atomic E-state index is 14.4. The van der Waals surface area contributed by atoms with E-state index in [0.717, 1.165) is 30.9 Å². The topological polar surface area (TPSA) is 126 Å². The normalized spacial score (nSPS) is 32.1. The van der Waals surface area contributed by atoms with Crippen LogP contribution in [-0.4, -0.2) is 44.7 Å². The zero-order valence-electron chi connectivity index (χ0n) is 26.1. The summed E-state index contributed by atoms with van der Waals surface area (Å²) in [5.74, 6) is -8.26. The highest BCUT2D eigenvalue weighted by molar-refractivity contribution is 6.32. The van der Waals surface area contributed by atoms with Gasteiger partial charge in [0.2, 0.25) is 0 Å². The number of hydrogen-bond acceptors (Lipinski definition) is 7. The van der Waals surface area contributed by atoms with Gasteiger partial charge in [0.25, 0.3) is 0 Å². The van der Waals surface area contributed by atoms with Crippen LogP contribution in [-0.2, 0) is 32.0 Å². The number of Topliss-reactive ketones (excluding diaryl/α,β-unsaturated/α-hetero) is 5. The number of fused-ring (bicyclic) bond motifs is 3. The van der Waals surface area contributed by atoms with Crippen LogP contribution in [0.25, 0.3) is 11.1 Å². The third kappa shape index (κ3) is 4.37. The first-order valence-corrected chi connectivity index (χ1v) is 15.3. The fourth-order valence-corrected chi connectivity index (χ4v) is 8.71. The van der Waals surface area contributed by atoms with Crippen LogP contribution in [0.3, 0.4) is 0 Å². The van der Waals surface area contributed by atoms with Gasteiger partial charge in [0.15, 0.2) is 28.7 Å². The maximum Gasteiger partial charge on any atom is 0.190 e. The number of benzene rings is 2. The molecule has 2 aromatic carbocycles. The van der Waals surface area contributed by atoms with Crippen molar-refractivity contribution in [2.45, 2.75) is 79.8 Å². The fraction of sp³-hybridized carbons (Fsp3) is 0.528. The maximum atomic E-state index is 14.4. The van der Waals surface area contributed by atoms with Gasteiger partial charge in [-0.2, -0.15) is 0 Å². The third-order valence-electron chi connectivity index (χ3n) is 10.5. The Morgan fingerprint density at radius 3 is 2.14 bits per heavy atom. The summed E-state index contributed by atoms with van der Waals surface area (Å²) < 4.78 is 0. The summed E-state index contributed by atoms with van der Waals surface area (Å²) in [5, 5.41) is 23.1. The van der Waals surface area contributed by atoms with Crippen molar-refractivity contribution in [3.05, 3.63) is 53.1 Å². The van der Waals surface area contributed by atoms with Gasteiger partial charge in [-0.25, -0.2) is 0 Å². The SMILES string of the molecule is CC(=O)C1C(=O)C(C(C)C)[C@@]2(C)C[C@@]3(C)Cc4c(-c5ccc(CCC(C)C)cc5)ccc(O)c4C(=O)C3C(=O)[C@@]2(O)C1=O. The zero-order valence-corrected chi connectivity index (χ0v) is 26.1. The van der Waals surface area contributed by atoms with Gasteiger partial charge in [-0.3, -0.25) is 24.0 Å². The predicted molar refractivity (Wildman–Crippen MR) is 162 cm³/mol. The van der Waals surface area contributed by atoms with Gasteiger partial charge in [-0.1, -0.05) is 71.9 Å². The van der Waals surface area contributed by atoms with E-state index in [9.17, 15) is 34.2 Å². The summed E-state index contributed by atoms with van der Waals surface area (Å²) in [7, 11) is 0. The second-order valence-electron chi connectivity index (χ2n) is 14.4. The second kappa shape index (κ2) is 10.3. The predicted octanol–water partition coefficient (Wildman–Crippen LogP) is 5.35. The molecule has 2 aromatic rings. The minimum atomic E-state index is -2.69. The number of aromatic hydroxyl groups is 1. The first-order chi connectivity index (χ1) is 20.0. The number of ketones is 5. The average molecular weight is 587 g/mol. The molecule has 6 atom stereocenters. The lowest BCUT2D eigenvalue weighted by molar-refractivity contribution is -0.205. The number of carbonyl (C=O) groups is 5. The van der Waals surface area contributed by atoms with Crippen molar-refractivity contribution >= 4 is 28.9 Å². The number of phenols is 1. The highest BCUT2D eigenvalue weighted by Gasteiger charge is 2.76. The summed E-state index contributed by atoms with van der Waals surface area (Å²) >= 11 is 0. The van der Waals surface area contributed by atoms with E-state index in [2.05, 4.69) is 26.0 Å². The molecule has 0 saturated heterocycles. The molecule has 0 aliphatic heterocycles. The van der Waals surface area contributed by atoms with E-state index in [-0.39, 0.29) is 30.1 Å². The van der Waals surface area contributed by atoms with Crippen molar-refractivity contribution in [3.8, 4) is 16.9 Å². The van der Waals surface area contributed by atoms with Crippen LogP contribution in [0, 0.1) is 40.4 Å². The van der Waals surface area contributed by atoms with Crippen molar-refractivity contribution in [2.24, 2.45) is 40.4 Å². The molecule has 5 rings (SSSR count). The fourth-order valence-electron chi connectivity index (χ4n) is 8.71. The van der Waals surface area contributed by atoms with Gasteiger partial charge >= 0.3 is 0 Å². The molecule has 228 valence electrons. The Hall–Kier alpha value is -3.45. The molecule has 2 N–H and O–H groups in total. The molecule has 3 unspecified atom stereocenters. The Labute approximate surface area is 253 Å². The lowest BCUT2D eigenvalue weighted by atomic mass is 9.40. The Bertz CT molecular complexity index is 1550. The van der Waals surface area contributed by atoms with Crippen molar-refractivity contribution in [2.75, 3.05) is 0 Å². The first-order valence-electron chi connectivity index (χ1n) is 15.3.